The number of hydrogen-bond acceptors (Lipinski definition) is 2. The van der Waals surface area contributed by atoms with Crippen LogP contribution in [0.3, 0.4) is 0 Å². The van der Waals surface area contributed by atoms with Crippen LogP contribution in [0.1, 0.15) is 35.1 Å². The van der Waals surface area contributed by atoms with Crippen LogP contribution < -0.4 is 5.32 Å². The van der Waals surface area contributed by atoms with E-state index in [9.17, 15) is 4.79 Å². The van der Waals surface area contributed by atoms with E-state index in [2.05, 4.69) is 30.2 Å². The summed E-state index contributed by atoms with van der Waals surface area (Å²) < 4.78 is 0. The van der Waals surface area contributed by atoms with Crippen molar-refractivity contribution in [2.75, 3.05) is 0 Å². The molecule has 2 N–H and O–H groups in total. The van der Waals surface area contributed by atoms with Gasteiger partial charge in [0.15, 0.2) is 0 Å². The molecular weight excluding hydrogens is 280 g/mol. The highest BCUT2D eigenvalue weighted by atomic mass is 32.1. The Kier molecular flexibility index (Phi) is 3.80. The lowest BCUT2D eigenvalue weighted by Gasteiger charge is -2.21. The van der Waals surface area contributed by atoms with Gasteiger partial charge in [-0.15, -0.1) is 11.3 Å². The van der Waals surface area contributed by atoms with Gasteiger partial charge in [0.2, 0.25) is 0 Å². The predicted molar refractivity (Wildman–Crippen MR) is 87.7 cm³/mol. The third kappa shape index (κ3) is 2.85. The largest absolute Gasteiger partial charge is 0.361 e. The third-order valence-electron chi connectivity index (χ3n) is 3.62. The Labute approximate surface area is 128 Å². The summed E-state index contributed by atoms with van der Waals surface area (Å²) in [5.74, 6) is 0.328. The normalized spacial score (nSPS) is 12.7. The Morgan fingerprint density at radius 2 is 2.10 bits per heavy atom. The molecule has 0 aliphatic rings. The summed E-state index contributed by atoms with van der Waals surface area (Å²) in [5, 5.41) is 6.25. The standard InChI is InChI=1S/C17H18N2OS/c1-11(2)16(15-4-3-9-21-15)19-17(20)13-5-6-14-12(10-13)7-8-18-14/h3-11,16,18H,1-2H3,(H,19,20). The number of amides is 1. The number of rotatable bonds is 4. The SMILES string of the molecule is CC(C)C(NC(=O)c1ccc2[nH]ccc2c1)c1cccs1. The molecule has 0 bridgehead atoms. The van der Waals surface area contributed by atoms with E-state index in [0.717, 1.165) is 10.9 Å². The van der Waals surface area contributed by atoms with Gasteiger partial charge in [0.25, 0.3) is 5.91 Å². The molecule has 1 aromatic carbocycles. The number of nitrogens with one attached hydrogen (secondary N) is 2. The first-order valence-corrected chi connectivity index (χ1v) is 7.94. The number of aromatic nitrogens is 1. The molecule has 3 nitrogen and oxygen atoms in total. The van der Waals surface area contributed by atoms with Crippen molar-refractivity contribution in [2.45, 2.75) is 19.9 Å². The van der Waals surface area contributed by atoms with E-state index in [1.807, 2.05) is 41.9 Å². The Balaban J connectivity index is 1.83. The average molecular weight is 298 g/mol. The molecule has 2 heterocycles. The number of benzene rings is 1. The van der Waals surface area contributed by atoms with E-state index < -0.39 is 0 Å². The van der Waals surface area contributed by atoms with Crippen LogP contribution in [0.15, 0.2) is 48.0 Å². The van der Waals surface area contributed by atoms with Crippen LogP contribution >= 0.6 is 11.3 Å². The molecule has 1 atom stereocenters. The molecule has 3 aromatic rings. The first-order valence-electron chi connectivity index (χ1n) is 7.06. The minimum Gasteiger partial charge on any atom is -0.361 e. The van der Waals surface area contributed by atoms with Crippen LogP contribution in [0.2, 0.25) is 0 Å². The van der Waals surface area contributed by atoms with E-state index in [1.54, 1.807) is 11.3 Å². The highest BCUT2D eigenvalue weighted by Crippen LogP contribution is 2.26. The van der Waals surface area contributed by atoms with Crippen molar-refractivity contribution in [2.24, 2.45) is 5.92 Å². The smallest absolute Gasteiger partial charge is 0.251 e. The fourth-order valence-corrected chi connectivity index (χ4v) is 3.40. The number of thiophene rings is 1. The van der Waals surface area contributed by atoms with Crippen molar-refractivity contribution >= 4 is 28.1 Å². The topological polar surface area (TPSA) is 44.9 Å². The van der Waals surface area contributed by atoms with Gasteiger partial charge in [-0.3, -0.25) is 4.79 Å². The lowest BCUT2D eigenvalue weighted by molar-refractivity contribution is 0.0926. The fourth-order valence-electron chi connectivity index (χ4n) is 2.45. The molecule has 0 fully saturated rings. The minimum atomic E-state index is -0.0230. The van der Waals surface area contributed by atoms with Gasteiger partial charge < -0.3 is 10.3 Å². The molecule has 0 aliphatic heterocycles. The Hall–Kier alpha value is -2.07. The lowest BCUT2D eigenvalue weighted by Crippen LogP contribution is -2.31. The fraction of sp³-hybridized carbons (Fsp3) is 0.235. The summed E-state index contributed by atoms with van der Waals surface area (Å²) in [4.78, 5) is 16.8. The maximum Gasteiger partial charge on any atom is 0.251 e. The van der Waals surface area contributed by atoms with E-state index >= 15 is 0 Å². The number of hydrogen-bond donors (Lipinski definition) is 2. The molecule has 0 saturated carbocycles. The average Bonchev–Trinajstić information content (AvgIpc) is 3.14. The number of aromatic amines is 1. The van der Waals surface area contributed by atoms with Crippen LogP contribution in [0.25, 0.3) is 10.9 Å². The van der Waals surface area contributed by atoms with Gasteiger partial charge in [-0.2, -0.15) is 0 Å². The van der Waals surface area contributed by atoms with Gasteiger partial charge in [-0.1, -0.05) is 19.9 Å². The Morgan fingerprint density at radius 3 is 2.81 bits per heavy atom. The molecule has 21 heavy (non-hydrogen) atoms. The van der Waals surface area contributed by atoms with Crippen LogP contribution in [0.4, 0.5) is 0 Å². The second kappa shape index (κ2) is 5.74. The van der Waals surface area contributed by atoms with Gasteiger partial charge in [-0.25, -0.2) is 0 Å². The van der Waals surface area contributed by atoms with Gasteiger partial charge in [-0.05, 0) is 41.6 Å². The summed E-state index contributed by atoms with van der Waals surface area (Å²) in [6.07, 6.45) is 1.88. The van der Waals surface area contributed by atoms with Gasteiger partial charge >= 0.3 is 0 Å². The first kappa shape index (κ1) is 13.9. The van der Waals surface area contributed by atoms with Crippen LogP contribution in [-0.4, -0.2) is 10.9 Å². The molecule has 0 saturated heterocycles. The van der Waals surface area contributed by atoms with E-state index in [-0.39, 0.29) is 11.9 Å². The summed E-state index contributed by atoms with van der Waals surface area (Å²) >= 11 is 1.68. The number of fused-ring (bicyclic) bond motifs is 1. The van der Waals surface area contributed by atoms with Crippen LogP contribution in [-0.2, 0) is 0 Å². The third-order valence-corrected chi connectivity index (χ3v) is 4.57. The Morgan fingerprint density at radius 1 is 1.24 bits per heavy atom. The van der Waals surface area contributed by atoms with Crippen molar-refractivity contribution in [3.63, 3.8) is 0 Å². The quantitative estimate of drug-likeness (QED) is 0.738. The number of carbonyl (C=O) groups excluding carboxylic acids is 1. The van der Waals surface area contributed by atoms with Crippen molar-refractivity contribution in [3.8, 4) is 0 Å². The molecule has 0 aliphatic carbocycles. The maximum absolute atomic E-state index is 12.5. The predicted octanol–water partition coefficient (Wildman–Crippen LogP) is 4.36. The van der Waals surface area contributed by atoms with Gasteiger partial charge in [0.05, 0.1) is 6.04 Å². The van der Waals surface area contributed by atoms with Gasteiger partial charge in [0, 0.05) is 27.5 Å². The Bertz CT molecular complexity index is 743. The van der Waals surface area contributed by atoms with E-state index in [0.29, 0.717) is 11.5 Å². The first-order chi connectivity index (χ1) is 10.1. The summed E-state index contributed by atoms with van der Waals surface area (Å²) in [5.41, 5.74) is 1.74. The lowest BCUT2D eigenvalue weighted by atomic mass is 10.0. The highest BCUT2D eigenvalue weighted by molar-refractivity contribution is 7.10. The number of carbonyl (C=O) groups is 1. The van der Waals surface area contributed by atoms with Gasteiger partial charge in [0.1, 0.15) is 0 Å². The second-order valence-corrected chi connectivity index (χ2v) is 6.47. The molecule has 4 heteroatoms. The molecule has 0 spiro atoms. The zero-order chi connectivity index (χ0) is 14.8. The number of H-pyrrole nitrogens is 1. The molecule has 108 valence electrons. The molecule has 1 unspecified atom stereocenters. The summed E-state index contributed by atoms with van der Waals surface area (Å²) in [7, 11) is 0. The molecular formula is C17H18N2OS. The van der Waals surface area contributed by atoms with Crippen molar-refractivity contribution < 1.29 is 4.79 Å². The monoisotopic (exact) mass is 298 g/mol. The molecule has 1 amide bonds. The minimum absolute atomic E-state index is 0.0230. The van der Waals surface area contributed by atoms with E-state index in [1.165, 1.54) is 4.88 Å². The van der Waals surface area contributed by atoms with Crippen molar-refractivity contribution in [1.82, 2.24) is 10.3 Å². The zero-order valence-electron chi connectivity index (χ0n) is 12.1. The maximum atomic E-state index is 12.5. The second-order valence-electron chi connectivity index (χ2n) is 5.49. The van der Waals surface area contributed by atoms with E-state index in [4.69, 9.17) is 0 Å². The molecule has 3 rings (SSSR count). The molecule has 0 radical (unpaired) electrons. The van der Waals surface area contributed by atoms with Crippen LogP contribution in [0.5, 0.6) is 0 Å². The van der Waals surface area contributed by atoms with Crippen molar-refractivity contribution in [3.05, 3.63) is 58.4 Å². The molecule has 2 aromatic heterocycles. The summed E-state index contributed by atoms with van der Waals surface area (Å²) in [6.45, 7) is 4.25. The summed E-state index contributed by atoms with van der Waals surface area (Å²) in [6, 6.07) is 11.9. The van der Waals surface area contributed by atoms with Crippen LogP contribution in [0, 0.1) is 5.92 Å². The zero-order valence-corrected chi connectivity index (χ0v) is 12.9. The highest BCUT2D eigenvalue weighted by Gasteiger charge is 2.20. The van der Waals surface area contributed by atoms with Crippen molar-refractivity contribution in [1.29, 1.82) is 0 Å².